The summed E-state index contributed by atoms with van der Waals surface area (Å²) in [6.07, 6.45) is 2.23. The van der Waals surface area contributed by atoms with E-state index >= 15 is 0 Å². The van der Waals surface area contributed by atoms with E-state index in [1.807, 2.05) is 30.3 Å². The third kappa shape index (κ3) is 8.26. The van der Waals surface area contributed by atoms with Crippen LogP contribution in [-0.2, 0) is 21.2 Å². The Morgan fingerprint density at radius 1 is 0.854 bits per heavy atom. The van der Waals surface area contributed by atoms with Gasteiger partial charge >= 0.3 is 0 Å². The fourth-order valence-corrected chi connectivity index (χ4v) is 5.00. The maximum absolute atomic E-state index is 12.8. The monoisotopic (exact) mass is 570 g/mol. The average Bonchev–Trinajstić information content (AvgIpc) is 3.01. The van der Waals surface area contributed by atoms with Gasteiger partial charge in [-0.1, -0.05) is 48.5 Å². The van der Waals surface area contributed by atoms with E-state index < -0.39 is 15.9 Å². The van der Waals surface area contributed by atoms with Crippen LogP contribution in [0.4, 0.5) is 5.69 Å². The second-order valence-corrected chi connectivity index (χ2v) is 10.9. The third-order valence-corrected chi connectivity index (χ3v) is 7.90. The molecule has 0 atom stereocenters. The number of hydrazone groups is 1. The van der Waals surface area contributed by atoms with Crippen molar-refractivity contribution in [3.05, 3.63) is 126 Å². The van der Waals surface area contributed by atoms with Crippen molar-refractivity contribution >= 4 is 33.7 Å². The van der Waals surface area contributed by atoms with E-state index in [2.05, 4.69) is 15.8 Å². The van der Waals surface area contributed by atoms with Crippen molar-refractivity contribution in [2.75, 3.05) is 24.5 Å². The summed E-state index contributed by atoms with van der Waals surface area (Å²) in [6, 6.07) is 31.1. The second-order valence-electron chi connectivity index (χ2n) is 8.97. The van der Waals surface area contributed by atoms with Gasteiger partial charge in [0.05, 0.1) is 16.8 Å². The number of carbonyl (C=O) groups excluding carboxylic acids is 2. The molecular formula is C31H30N4O5S. The van der Waals surface area contributed by atoms with E-state index in [1.165, 1.54) is 37.5 Å². The Bertz CT molecular complexity index is 1580. The van der Waals surface area contributed by atoms with Crippen molar-refractivity contribution < 1.29 is 22.7 Å². The molecule has 0 heterocycles. The SMILES string of the molecule is CN(c1ccc(C(=O)N/N=C\c2ccc(OCC(=O)NCCc3ccccc3)cc2)cc1)S(=O)(=O)c1ccccc1. The van der Waals surface area contributed by atoms with Crippen molar-refractivity contribution in [1.82, 2.24) is 10.7 Å². The Hall–Kier alpha value is -4.96. The Morgan fingerprint density at radius 2 is 1.49 bits per heavy atom. The minimum absolute atomic E-state index is 0.0922. The first-order valence-electron chi connectivity index (χ1n) is 12.8. The molecule has 4 aromatic carbocycles. The van der Waals surface area contributed by atoms with Crippen LogP contribution in [0, 0.1) is 0 Å². The molecule has 0 unspecified atom stereocenters. The van der Waals surface area contributed by atoms with Crippen LogP contribution in [0.2, 0.25) is 0 Å². The van der Waals surface area contributed by atoms with Gasteiger partial charge in [0.25, 0.3) is 21.8 Å². The zero-order valence-electron chi connectivity index (χ0n) is 22.4. The molecule has 4 rings (SSSR count). The van der Waals surface area contributed by atoms with E-state index in [1.54, 1.807) is 54.6 Å². The van der Waals surface area contributed by atoms with Crippen LogP contribution in [0.5, 0.6) is 5.75 Å². The molecule has 0 spiro atoms. The van der Waals surface area contributed by atoms with Gasteiger partial charge in [-0.05, 0) is 78.2 Å². The topological polar surface area (TPSA) is 117 Å². The van der Waals surface area contributed by atoms with Gasteiger partial charge in [-0.3, -0.25) is 13.9 Å². The highest BCUT2D eigenvalue weighted by atomic mass is 32.2. The lowest BCUT2D eigenvalue weighted by atomic mass is 10.1. The first-order valence-corrected chi connectivity index (χ1v) is 14.3. The Labute approximate surface area is 239 Å². The highest BCUT2D eigenvalue weighted by molar-refractivity contribution is 7.92. The number of hydrogen-bond donors (Lipinski definition) is 2. The molecule has 2 N–H and O–H groups in total. The Kier molecular flexibility index (Phi) is 9.85. The maximum Gasteiger partial charge on any atom is 0.271 e. The summed E-state index contributed by atoms with van der Waals surface area (Å²) >= 11 is 0. The van der Waals surface area contributed by atoms with E-state index in [0.717, 1.165) is 16.3 Å². The first-order chi connectivity index (χ1) is 19.8. The minimum Gasteiger partial charge on any atom is -0.484 e. The predicted molar refractivity (Wildman–Crippen MR) is 159 cm³/mol. The van der Waals surface area contributed by atoms with Gasteiger partial charge in [-0.25, -0.2) is 13.8 Å². The summed E-state index contributed by atoms with van der Waals surface area (Å²) in [4.78, 5) is 24.7. The van der Waals surface area contributed by atoms with Gasteiger partial charge in [0.15, 0.2) is 6.61 Å². The van der Waals surface area contributed by atoms with E-state index in [-0.39, 0.29) is 17.4 Å². The van der Waals surface area contributed by atoms with Crippen LogP contribution in [-0.4, -0.2) is 46.6 Å². The normalized spacial score (nSPS) is 11.1. The summed E-state index contributed by atoms with van der Waals surface area (Å²) in [5.41, 5.74) is 5.06. The fourth-order valence-electron chi connectivity index (χ4n) is 3.78. The van der Waals surface area contributed by atoms with Crippen LogP contribution >= 0.6 is 0 Å². The van der Waals surface area contributed by atoms with Crippen molar-refractivity contribution in [3.63, 3.8) is 0 Å². The molecule has 0 fully saturated rings. The number of nitrogens with zero attached hydrogens (tertiary/aromatic N) is 2. The molecule has 0 radical (unpaired) electrons. The highest BCUT2D eigenvalue weighted by Gasteiger charge is 2.21. The van der Waals surface area contributed by atoms with Crippen molar-refractivity contribution in [3.8, 4) is 5.75 Å². The Balaban J connectivity index is 1.22. The second kappa shape index (κ2) is 13.9. The van der Waals surface area contributed by atoms with Crippen LogP contribution < -0.4 is 19.8 Å². The number of sulfonamides is 1. The van der Waals surface area contributed by atoms with Crippen molar-refractivity contribution in [2.45, 2.75) is 11.3 Å². The molecule has 0 aliphatic carbocycles. The van der Waals surface area contributed by atoms with Gasteiger partial charge in [-0.2, -0.15) is 5.10 Å². The van der Waals surface area contributed by atoms with Gasteiger partial charge in [-0.15, -0.1) is 0 Å². The molecule has 10 heteroatoms. The maximum atomic E-state index is 12.8. The molecule has 0 saturated heterocycles. The van der Waals surface area contributed by atoms with E-state index in [0.29, 0.717) is 29.1 Å². The molecular weight excluding hydrogens is 540 g/mol. The molecule has 0 aliphatic rings. The van der Waals surface area contributed by atoms with Gasteiger partial charge in [0.1, 0.15) is 5.75 Å². The number of ether oxygens (including phenoxy) is 1. The number of nitrogens with one attached hydrogen (secondary N) is 2. The summed E-state index contributed by atoms with van der Waals surface area (Å²) in [6.45, 7) is 0.440. The summed E-state index contributed by atoms with van der Waals surface area (Å²) < 4.78 is 32.3. The van der Waals surface area contributed by atoms with Gasteiger partial charge < -0.3 is 10.1 Å². The number of hydrogen-bond acceptors (Lipinski definition) is 6. The standard InChI is InChI=1S/C31H30N4O5S/c1-35(41(38,39)29-10-6-3-7-11-29)27-16-14-26(15-17-27)31(37)34-33-22-25-12-18-28(19-13-25)40-23-30(36)32-21-20-24-8-4-2-5-9-24/h2-19,22H,20-21,23H2,1H3,(H,32,36)(H,34,37)/b33-22-. The zero-order chi connectivity index (χ0) is 29.1. The summed E-state index contributed by atoms with van der Waals surface area (Å²) in [7, 11) is -2.26. The molecule has 9 nitrogen and oxygen atoms in total. The lowest BCUT2D eigenvalue weighted by Crippen LogP contribution is -2.30. The lowest BCUT2D eigenvalue weighted by Gasteiger charge is -2.19. The van der Waals surface area contributed by atoms with Crippen LogP contribution in [0.1, 0.15) is 21.5 Å². The highest BCUT2D eigenvalue weighted by Crippen LogP contribution is 2.22. The largest absolute Gasteiger partial charge is 0.484 e. The number of amides is 2. The van der Waals surface area contributed by atoms with Crippen molar-refractivity contribution in [1.29, 1.82) is 0 Å². The molecule has 41 heavy (non-hydrogen) atoms. The molecule has 210 valence electrons. The molecule has 0 bridgehead atoms. The summed E-state index contributed by atoms with van der Waals surface area (Å²) in [5.74, 6) is -0.116. The van der Waals surface area contributed by atoms with Crippen LogP contribution in [0.25, 0.3) is 0 Å². The predicted octanol–water partition coefficient (Wildman–Crippen LogP) is 4.01. The molecule has 2 amide bonds. The fraction of sp³-hybridized carbons (Fsp3) is 0.129. The minimum atomic E-state index is -3.71. The number of rotatable bonds is 12. The van der Waals surface area contributed by atoms with Crippen molar-refractivity contribution in [2.24, 2.45) is 5.10 Å². The van der Waals surface area contributed by atoms with Gasteiger partial charge in [0, 0.05) is 19.2 Å². The van der Waals surface area contributed by atoms with Gasteiger partial charge in [0.2, 0.25) is 0 Å². The molecule has 0 aliphatic heterocycles. The van der Waals surface area contributed by atoms with E-state index in [9.17, 15) is 18.0 Å². The number of anilines is 1. The average molecular weight is 571 g/mol. The quantitative estimate of drug-likeness (QED) is 0.197. The number of benzene rings is 4. The first kappa shape index (κ1) is 29.0. The van der Waals surface area contributed by atoms with Crippen LogP contribution in [0.15, 0.2) is 119 Å². The lowest BCUT2D eigenvalue weighted by molar-refractivity contribution is -0.123. The van der Waals surface area contributed by atoms with E-state index in [4.69, 9.17) is 4.74 Å². The zero-order valence-corrected chi connectivity index (χ0v) is 23.3. The van der Waals surface area contributed by atoms with Crippen LogP contribution in [0.3, 0.4) is 0 Å². The molecule has 4 aromatic rings. The molecule has 0 saturated carbocycles. The Morgan fingerprint density at radius 3 is 2.15 bits per heavy atom. The smallest absolute Gasteiger partial charge is 0.271 e. The molecule has 0 aromatic heterocycles. The number of carbonyl (C=O) groups is 2. The third-order valence-electron chi connectivity index (χ3n) is 6.10. The summed E-state index contributed by atoms with van der Waals surface area (Å²) in [5, 5.41) is 6.81.